The zero-order valence-corrected chi connectivity index (χ0v) is 10.3. The van der Waals surface area contributed by atoms with Crippen LogP contribution < -0.4 is 10.5 Å². The van der Waals surface area contributed by atoms with Gasteiger partial charge in [0.15, 0.2) is 5.82 Å². The number of ether oxygens (including phenoxy) is 1. The van der Waals surface area contributed by atoms with Crippen LogP contribution in [0.1, 0.15) is 5.56 Å². The molecule has 2 rings (SSSR count). The van der Waals surface area contributed by atoms with Gasteiger partial charge in [0.1, 0.15) is 24.0 Å². The molecule has 2 aromatic carbocycles. The quantitative estimate of drug-likeness (QED) is 0.686. The Labute approximate surface area is 112 Å². The molecule has 0 amide bonds. The van der Waals surface area contributed by atoms with Crippen LogP contribution in [0.15, 0.2) is 30.3 Å². The lowest BCUT2D eigenvalue weighted by Gasteiger charge is -2.09. The van der Waals surface area contributed by atoms with Crippen LogP contribution in [0, 0.1) is 17.5 Å². The van der Waals surface area contributed by atoms with Crippen molar-refractivity contribution in [2.45, 2.75) is 6.61 Å². The number of rotatable bonds is 3. The smallest absolute Gasteiger partial charge is 0.151 e. The van der Waals surface area contributed by atoms with E-state index in [0.29, 0.717) is 0 Å². The summed E-state index contributed by atoms with van der Waals surface area (Å²) in [6.45, 7) is -0.372. The minimum atomic E-state index is -0.878. The summed E-state index contributed by atoms with van der Waals surface area (Å²) in [4.78, 5) is 0. The molecule has 0 saturated heterocycles. The molecule has 0 radical (unpaired) electrons. The van der Waals surface area contributed by atoms with Crippen molar-refractivity contribution in [1.82, 2.24) is 0 Å². The number of hydrogen-bond donors (Lipinski definition) is 1. The van der Waals surface area contributed by atoms with Gasteiger partial charge in [0.05, 0.1) is 16.3 Å². The lowest BCUT2D eigenvalue weighted by atomic mass is 10.2. The largest absolute Gasteiger partial charge is 0.489 e. The van der Waals surface area contributed by atoms with E-state index in [9.17, 15) is 13.2 Å². The predicted octanol–water partition coefficient (Wildman–Crippen LogP) is 3.92. The zero-order chi connectivity index (χ0) is 14.0. The van der Waals surface area contributed by atoms with E-state index < -0.39 is 17.5 Å². The molecule has 6 heteroatoms. The highest BCUT2D eigenvalue weighted by Crippen LogP contribution is 2.24. The summed E-state index contributed by atoms with van der Waals surface area (Å²) in [5.41, 5.74) is 4.95. The van der Waals surface area contributed by atoms with E-state index in [1.807, 2.05) is 0 Å². The SMILES string of the molecule is Nc1cc(OCc2c(F)ccc(Cl)c2F)ccc1F. The summed E-state index contributed by atoms with van der Waals surface area (Å²) in [6, 6.07) is 5.81. The molecule has 2 N–H and O–H groups in total. The van der Waals surface area contributed by atoms with Crippen LogP contribution in [0.3, 0.4) is 0 Å². The second-order valence-electron chi connectivity index (χ2n) is 3.79. The van der Waals surface area contributed by atoms with Crippen LogP contribution >= 0.6 is 11.6 Å². The maximum Gasteiger partial charge on any atom is 0.151 e. The van der Waals surface area contributed by atoms with Gasteiger partial charge >= 0.3 is 0 Å². The van der Waals surface area contributed by atoms with Gasteiger partial charge in [0, 0.05) is 6.07 Å². The topological polar surface area (TPSA) is 35.2 Å². The standard InChI is InChI=1S/C13H9ClF3NO/c14-9-2-4-10(15)8(13(9)17)6-19-7-1-3-11(16)12(18)5-7/h1-5H,6,18H2. The van der Waals surface area contributed by atoms with Gasteiger partial charge in [-0.3, -0.25) is 0 Å². The maximum absolute atomic E-state index is 13.6. The van der Waals surface area contributed by atoms with Gasteiger partial charge < -0.3 is 10.5 Å². The van der Waals surface area contributed by atoms with Gasteiger partial charge in [-0.25, -0.2) is 13.2 Å². The van der Waals surface area contributed by atoms with Crippen molar-refractivity contribution in [1.29, 1.82) is 0 Å². The average molecular weight is 288 g/mol. The van der Waals surface area contributed by atoms with Gasteiger partial charge in [-0.05, 0) is 24.3 Å². The molecule has 0 unspecified atom stereocenters. The highest BCUT2D eigenvalue weighted by Gasteiger charge is 2.13. The Bertz CT molecular complexity index is 619. The first kappa shape index (κ1) is 13.5. The molecular formula is C13H9ClF3NO. The summed E-state index contributed by atoms with van der Waals surface area (Å²) in [5.74, 6) is -2.03. The van der Waals surface area contributed by atoms with Gasteiger partial charge in [-0.2, -0.15) is 0 Å². The molecule has 2 aromatic rings. The molecule has 0 atom stereocenters. The molecule has 0 spiro atoms. The van der Waals surface area contributed by atoms with Crippen molar-refractivity contribution in [3.8, 4) is 5.75 Å². The minimum absolute atomic E-state index is 0.107. The Kier molecular flexibility index (Phi) is 3.85. The van der Waals surface area contributed by atoms with E-state index in [1.165, 1.54) is 12.1 Å². The summed E-state index contributed by atoms with van der Waals surface area (Å²) < 4.78 is 45.1. The van der Waals surface area contributed by atoms with Crippen LogP contribution in [-0.2, 0) is 6.61 Å². The molecule has 100 valence electrons. The second kappa shape index (κ2) is 5.40. The van der Waals surface area contributed by atoms with Crippen LogP contribution in [-0.4, -0.2) is 0 Å². The number of nitrogen functional groups attached to an aromatic ring is 1. The molecule has 0 aliphatic carbocycles. The van der Waals surface area contributed by atoms with Crippen LogP contribution in [0.5, 0.6) is 5.75 Å². The minimum Gasteiger partial charge on any atom is -0.489 e. The molecular weight excluding hydrogens is 279 g/mol. The molecule has 0 heterocycles. The van der Waals surface area contributed by atoms with Crippen molar-refractivity contribution in [2.24, 2.45) is 0 Å². The number of nitrogens with two attached hydrogens (primary N) is 1. The fourth-order valence-corrected chi connectivity index (χ4v) is 1.65. The fraction of sp³-hybridized carbons (Fsp3) is 0.0769. The summed E-state index contributed by atoms with van der Waals surface area (Å²) >= 11 is 5.55. The first-order valence-electron chi connectivity index (χ1n) is 5.29. The Morgan fingerprint density at radius 2 is 1.74 bits per heavy atom. The fourth-order valence-electron chi connectivity index (χ4n) is 1.47. The van der Waals surface area contributed by atoms with Crippen molar-refractivity contribution >= 4 is 17.3 Å². The monoisotopic (exact) mass is 287 g/mol. The zero-order valence-electron chi connectivity index (χ0n) is 9.59. The number of benzene rings is 2. The highest BCUT2D eigenvalue weighted by atomic mass is 35.5. The van der Waals surface area contributed by atoms with Crippen molar-refractivity contribution < 1.29 is 17.9 Å². The maximum atomic E-state index is 13.6. The summed E-state index contributed by atoms with van der Waals surface area (Å²) in [5, 5.41) is -0.196. The highest BCUT2D eigenvalue weighted by molar-refractivity contribution is 6.30. The number of anilines is 1. The van der Waals surface area contributed by atoms with E-state index in [-0.39, 0.29) is 28.6 Å². The molecule has 19 heavy (non-hydrogen) atoms. The van der Waals surface area contributed by atoms with E-state index in [4.69, 9.17) is 22.1 Å². The van der Waals surface area contributed by atoms with E-state index >= 15 is 0 Å². The van der Waals surface area contributed by atoms with Gasteiger partial charge in [0.25, 0.3) is 0 Å². The Morgan fingerprint density at radius 3 is 2.42 bits per heavy atom. The molecule has 0 saturated carbocycles. The van der Waals surface area contributed by atoms with Crippen molar-refractivity contribution in [3.63, 3.8) is 0 Å². The van der Waals surface area contributed by atoms with E-state index in [2.05, 4.69) is 0 Å². The Hall–Kier alpha value is -1.88. The second-order valence-corrected chi connectivity index (χ2v) is 4.20. The van der Waals surface area contributed by atoms with Gasteiger partial charge in [0.2, 0.25) is 0 Å². The first-order valence-corrected chi connectivity index (χ1v) is 5.67. The van der Waals surface area contributed by atoms with Crippen molar-refractivity contribution in [2.75, 3.05) is 5.73 Å². The first-order chi connectivity index (χ1) is 8.99. The molecule has 0 aliphatic rings. The third-order valence-electron chi connectivity index (χ3n) is 2.49. The molecule has 0 bridgehead atoms. The average Bonchev–Trinajstić information content (AvgIpc) is 2.38. The number of hydrogen-bond acceptors (Lipinski definition) is 2. The lowest BCUT2D eigenvalue weighted by molar-refractivity contribution is 0.292. The summed E-state index contributed by atoms with van der Waals surface area (Å²) in [7, 11) is 0. The Morgan fingerprint density at radius 1 is 1.05 bits per heavy atom. The Balaban J connectivity index is 2.19. The van der Waals surface area contributed by atoms with Crippen molar-refractivity contribution in [3.05, 3.63) is 58.4 Å². The molecule has 0 aliphatic heterocycles. The molecule has 0 aromatic heterocycles. The van der Waals surface area contributed by atoms with Gasteiger partial charge in [-0.15, -0.1) is 0 Å². The third-order valence-corrected chi connectivity index (χ3v) is 2.78. The normalized spacial score (nSPS) is 10.5. The van der Waals surface area contributed by atoms with E-state index in [1.54, 1.807) is 0 Å². The van der Waals surface area contributed by atoms with Gasteiger partial charge in [-0.1, -0.05) is 11.6 Å². The van der Waals surface area contributed by atoms with Crippen LogP contribution in [0.4, 0.5) is 18.9 Å². The predicted molar refractivity (Wildman–Crippen MR) is 66.5 cm³/mol. The summed E-state index contributed by atoms with van der Waals surface area (Å²) in [6.07, 6.45) is 0. The van der Waals surface area contributed by atoms with E-state index in [0.717, 1.165) is 18.2 Å². The number of halogens is 4. The molecule has 0 fully saturated rings. The van der Waals surface area contributed by atoms with Crippen LogP contribution in [0.25, 0.3) is 0 Å². The lowest BCUT2D eigenvalue weighted by Crippen LogP contribution is -2.03. The molecule has 2 nitrogen and oxygen atoms in total. The third kappa shape index (κ3) is 2.93. The van der Waals surface area contributed by atoms with Crippen LogP contribution in [0.2, 0.25) is 5.02 Å².